The fraction of sp³-hybridized carbons (Fsp3) is 0.118. The van der Waals surface area contributed by atoms with Crippen LogP contribution in [0, 0.1) is 6.92 Å². The summed E-state index contributed by atoms with van der Waals surface area (Å²) in [5, 5.41) is 11.6. The van der Waals surface area contributed by atoms with Gasteiger partial charge in [0, 0.05) is 4.47 Å². The molecular formula is C17H13BrClN3O2S. The number of aryl methyl sites for hydroxylation is 1. The molecule has 0 radical (unpaired) electrons. The largest absolute Gasteiger partial charge is 0.411 e. The molecule has 25 heavy (non-hydrogen) atoms. The molecule has 3 rings (SSSR count). The highest BCUT2D eigenvalue weighted by atomic mass is 79.9. The average molecular weight is 439 g/mol. The molecule has 0 fully saturated rings. The summed E-state index contributed by atoms with van der Waals surface area (Å²) in [7, 11) is 0. The van der Waals surface area contributed by atoms with Gasteiger partial charge in [-0.1, -0.05) is 41.6 Å². The highest BCUT2D eigenvalue weighted by Gasteiger charge is 2.13. The number of halogens is 2. The molecule has 1 aromatic heterocycles. The number of hydrogen-bond acceptors (Lipinski definition) is 5. The second-order valence-electron chi connectivity index (χ2n) is 5.17. The molecule has 0 aliphatic rings. The van der Waals surface area contributed by atoms with Crippen molar-refractivity contribution in [1.82, 2.24) is 10.2 Å². The third-order valence-electron chi connectivity index (χ3n) is 3.24. The van der Waals surface area contributed by atoms with Crippen LogP contribution in [0.1, 0.15) is 5.56 Å². The van der Waals surface area contributed by atoms with E-state index in [1.165, 1.54) is 11.8 Å². The molecule has 0 aliphatic heterocycles. The zero-order valence-electron chi connectivity index (χ0n) is 13.1. The Morgan fingerprint density at radius 2 is 2.08 bits per heavy atom. The lowest BCUT2D eigenvalue weighted by Crippen LogP contribution is -2.14. The zero-order chi connectivity index (χ0) is 17.8. The van der Waals surface area contributed by atoms with Crippen LogP contribution in [0.3, 0.4) is 0 Å². The number of rotatable bonds is 5. The number of anilines is 1. The van der Waals surface area contributed by atoms with Crippen LogP contribution < -0.4 is 5.32 Å². The van der Waals surface area contributed by atoms with E-state index in [0.717, 1.165) is 15.6 Å². The molecule has 1 N–H and O–H groups in total. The van der Waals surface area contributed by atoms with Crippen LogP contribution in [0.15, 0.2) is 56.6 Å². The Balaban J connectivity index is 1.60. The third-order valence-corrected chi connectivity index (χ3v) is 5.06. The van der Waals surface area contributed by atoms with E-state index in [1.807, 2.05) is 37.3 Å². The van der Waals surface area contributed by atoms with Gasteiger partial charge in [-0.25, -0.2) is 0 Å². The fourth-order valence-electron chi connectivity index (χ4n) is 2.05. The van der Waals surface area contributed by atoms with E-state index < -0.39 is 0 Å². The number of carbonyl (C=O) groups excluding carboxylic acids is 1. The first-order valence-electron chi connectivity index (χ1n) is 7.30. The van der Waals surface area contributed by atoms with Crippen molar-refractivity contribution in [3.05, 3.63) is 57.5 Å². The van der Waals surface area contributed by atoms with Gasteiger partial charge in [-0.3, -0.25) is 4.79 Å². The van der Waals surface area contributed by atoms with Gasteiger partial charge in [0.1, 0.15) is 0 Å². The van der Waals surface area contributed by atoms with Crippen LogP contribution in [0.5, 0.6) is 0 Å². The van der Waals surface area contributed by atoms with Gasteiger partial charge >= 0.3 is 0 Å². The predicted octanol–water partition coefficient (Wildman–Crippen LogP) is 5.19. The van der Waals surface area contributed by atoms with Crippen LogP contribution in [0.4, 0.5) is 5.69 Å². The predicted molar refractivity (Wildman–Crippen MR) is 103 cm³/mol. The van der Waals surface area contributed by atoms with Crippen molar-refractivity contribution in [2.75, 3.05) is 11.1 Å². The van der Waals surface area contributed by atoms with Crippen molar-refractivity contribution in [3.8, 4) is 11.5 Å². The van der Waals surface area contributed by atoms with Crippen LogP contribution in [0.25, 0.3) is 11.5 Å². The maximum absolute atomic E-state index is 12.1. The smallest absolute Gasteiger partial charge is 0.277 e. The summed E-state index contributed by atoms with van der Waals surface area (Å²) in [4.78, 5) is 12.1. The van der Waals surface area contributed by atoms with Gasteiger partial charge < -0.3 is 9.73 Å². The minimum Gasteiger partial charge on any atom is -0.411 e. The lowest BCUT2D eigenvalue weighted by Gasteiger charge is -2.06. The normalized spacial score (nSPS) is 10.7. The lowest BCUT2D eigenvalue weighted by atomic mass is 10.2. The van der Waals surface area contributed by atoms with Gasteiger partial charge in [-0.15, -0.1) is 10.2 Å². The SMILES string of the molecule is Cc1ccc(NC(=O)CSc2nnc(-c3ccccc3Br)o2)c(Cl)c1. The standard InChI is InChI=1S/C17H13BrClN3O2S/c1-10-6-7-14(13(19)8-10)20-15(23)9-25-17-22-21-16(24-17)11-4-2-3-5-12(11)18/h2-8H,9H2,1H3,(H,20,23). The average Bonchev–Trinajstić information content (AvgIpc) is 3.05. The molecule has 1 amide bonds. The molecule has 2 aromatic carbocycles. The van der Waals surface area contributed by atoms with Gasteiger partial charge in [0.15, 0.2) is 0 Å². The molecule has 0 saturated heterocycles. The second-order valence-corrected chi connectivity index (χ2v) is 7.36. The Bertz CT molecular complexity index is 916. The van der Waals surface area contributed by atoms with Gasteiger partial charge in [0.2, 0.25) is 11.8 Å². The summed E-state index contributed by atoms with van der Waals surface area (Å²) in [5.74, 6) is 0.343. The van der Waals surface area contributed by atoms with E-state index in [-0.39, 0.29) is 11.7 Å². The number of nitrogens with one attached hydrogen (secondary N) is 1. The molecule has 0 aliphatic carbocycles. The minimum absolute atomic E-state index is 0.141. The molecule has 0 atom stereocenters. The summed E-state index contributed by atoms with van der Waals surface area (Å²) in [5.41, 5.74) is 2.41. The van der Waals surface area contributed by atoms with E-state index in [1.54, 1.807) is 12.1 Å². The van der Waals surface area contributed by atoms with E-state index >= 15 is 0 Å². The number of carbonyl (C=O) groups is 1. The second kappa shape index (κ2) is 8.03. The van der Waals surface area contributed by atoms with Gasteiger partial charge in [0.05, 0.1) is 22.0 Å². The monoisotopic (exact) mass is 437 g/mol. The van der Waals surface area contributed by atoms with E-state index in [2.05, 4.69) is 31.4 Å². The summed E-state index contributed by atoms with van der Waals surface area (Å²) in [6.07, 6.45) is 0. The molecule has 3 aromatic rings. The zero-order valence-corrected chi connectivity index (χ0v) is 16.3. The highest BCUT2D eigenvalue weighted by Crippen LogP contribution is 2.29. The molecule has 5 nitrogen and oxygen atoms in total. The summed E-state index contributed by atoms with van der Waals surface area (Å²) in [6.45, 7) is 1.94. The molecule has 8 heteroatoms. The van der Waals surface area contributed by atoms with Crippen molar-refractivity contribution in [1.29, 1.82) is 0 Å². The van der Waals surface area contributed by atoms with Crippen LogP contribution in [0.2, 0.25) is 5.02 Å². The van der Waals surface area contributed by atoms with E-state index in [4.69, 9.17) is 16.0 Å². The maximum Gasteiger partial charge on any atom is 0.277 e. The van der Waals surface area contributed by atoms with Gasteiger partial charge in [-0.2, -0.15) is 0 Å². The Kier molecular flexibility index (Phi) is 5.78. The molecule has 0 unspecified atom stereocenters. The number of aromatic nitrogens is 2. The minimum atomic E-state index is -0.198. The third kappa shape index (κ3) is 4.62. The molecular weight excluding hydrogens is 426 g/mol. The van der Waals surface area contributed by atoms with E-state index in [9.17, 15) is 4.79 Å². The number of benzene rings is 2. The van der Waals surface area contributed by atoms with Crippen LogP contribution in [-0.2, 0) is 4.79 Å². The van der Waals surface area contributed by atoms with Crippen molar-refractivity contribution >= 4 is 50.9 Å². The number of hydrogen-bond donors (Lipinski definition) is 1. The molecule has 0 spiro atoms. The maximum atomic E-state index is 12.1. The highest BCUT2D eigenvalue weighted by molar-refractivity contribution is 9.10. The van der Waals surface area contributed by atoms with Crippen molar-refractivity contribution < 1.29 is 9.21 Å². The topological polar surface area (TPSA) is 68.0 Å². The number of thioether (sulfide) groups is 1. The number of amides is 1. The Hall–Kier alpha value is -1.83. The van der Waals surface area contributed by atoms with Gasteiger partial charge in [0.25, 0.3) is 5.22 Å². The summed E-state index contributed by atoms with van der Waals surface area (Å²) < 4.78 is 6.46. The first kappa shape index (κ1) is 18.0. The molecule has 1 heterocycles. The Morgan fingerprint density at radius 1 is 1.28 bits per heavy atom. The Labute approximate surface area is 162 Å². The molecule has 128 valence electrons. The van der Waals surface area contributed by atoms with Crippen molar-refractivity contribution in [3.63, 3.8) is 0 Å². The summed E-state index contributed by atoms with van der Waals surface area (Å²) >= 11 is 10.7. The van der Waals surface area contributed by atoms with E-state index in [0.29, 0.717) is 21.8 Å². The van der Waals surface area contributed by atoms with Crippen molar-refractivity contribution in [2.45, 2.75) is 12.1 Å². The Morgan fingerprint density at radius 3 is 2.84 bits per heavy atom. The van der Waals surface area contributed by atoms with Crippen LogP contribution in [-0.4, -0.2) is 21.9 Å². The van der Waals surface area contributed by atoms with Crippen LogP contribution >= 0.6 is 39.3 Å². The first-order chi connectivity index (χ1) is 12.0. The lowest BCUT2D eigenvalue weighted by molar-refractivity contribution is -0.113. The first-order valence-corrected chi connectivity index (χ1v) is 9.46. The summed E-state index contributed by atoms with van der Waals surface area (Å²) in [6, 6.07) is 13.0. The number of nitrogens with zero attached hydrogens (tertiary/aromatic N) is 2. The molecule has 0 bridgehead atoms. The fourth-order valence-corrected chi connectivity index (χ4v) is 3.35. The molecule has 0 saturated carbocycles. The quantitative estimate of drug-likeness (QED) is 0.555. The van der Waals surface area contributed by atoms with Gasteiger partial charge in [-0.05, 0) is 52.7 Å². The van der Waals surface area contributed by atoms with Crippen molar-refractivity contribution in [2.24, 2.45) is 0 Å².